The third-order valence-corrected chi connectivity index (χ3v) is 11.6. The molecule has 0 bridgehead atoms. The lowest BCUT2D eigenvalue weighted by atomic mass is 9.98. The van der Waals surface area contributed by atoms with Gasteiger partial charge in [0.1, 0.15) is 16.7 Å². The zero-order valence-corrected chi connectivity index (χ0v) is 31.3. The van der Waals surface area contributed by atoms with E-state index in [1.54, 1.807) is 0 Å². The Labute approximate surface area is 334 Å². The molecule has 0 aliphatic rings. The molecule has 58 heavy (non-hydrogen) atoms. The number of para-hydroxylation sites is 3. The van der Waals surface area contributed by atoms with Crippen molar-refractivity contribution >= 4 is 82.7 Å². The van der Waals surface area contributed by atoms with E-state index in [2.05, 4.69) is 198 Å². The van der Waals surface area contributed by atoms with Crippen molar-refractivity contribution < 1.29 is 8.83 Å². The summed E-state index contributed by atoms with van der Waals surface area (Å²) in [6, 6.07) is 73.1. The number of hydrogen-bond donors (Lipinski definition) is 0. The summed E-state index contributed by atoms with van der Waals surface area (Å²) < 4.78 is 15.3. The lowest BCUT2D eigenvalue weighted by Crippen LogP contribution is -2.09. The molecular formula is C54H34N2O2. The summed E-state index contributed by atoms with van der Waals surface area (Å²) in [6.45, 7) is 0. The zero-order chi connectivity index (χ0) is 38.2. The van der Waals surface area contributed by atoms with Gasteiger partial charge in [-0.1, -0.05) is 127 Å². The standard InChI is InChI=1S/C54H34N2O2/c1-2-13-39(14-3-1)56-49-19-8-6-17-47(49)53-48-31-25-38(33-51(48)58-54(53)56)35-21-26-40(27-22-35)55(42-30-32-46-45-16-7-9-20-50(45)57-52(46)34-42)41-28-23-37(24-29-41)44-18-10-12-36-11-4-5-15-43(36)44/h1-34H. The van der Waals surface area contributed by atoms with Gasteiger partial charge >= 0.3 is 0 Å². The molecule has 0 radical (unpaired) electrons. The van der Waals surface area contributed by atoms with E-state index >= 15 is 0 Å². The quantitative estimate of drug-likeness (QED) is 0.170. The topological polar surface area (TPSA) is 34.5 Å². The highest BCUT2D eigenvalue weighted by molar-refractivity contribution is 6.20. The minimum Gasteiger partial charge on any atom is -0.456 e. The fourth-order valence-corrected chi connectivity index (χ4v) is 8.87. The van der Waals surface area contributed by atoms with Crippen LogP contribution in [0.25, 0.3) is 93.6 Å². The van der Waals surface area contributed by atoms with E-state index in [1.165, 1.54) is 27.3 Å². The number of nitrogens with zero attached hydrogens (tertiary/aromatic N) is 2. The minimum absolute atomic E-state index is 0.860. The maximum Gasteiger partial charge on any atom is 0.213 e. The Morgan fingerprint density at radius 1 is 0.362 bits per heavy atom. The number of furan rings is 2. The van der Waals surface area contributed by atoms with Crippen LogP contribution in [0.5, 0.6) is 0 Å². The molecule has 4 heteroatoms. The molecule has 3 heterocycles. The first-order valence-electron chi connectivity index (χ1n) is 19.7. The molecule has 0 N–H and O–H groups in total. The summed E-state index contributed by atoms with van der Waals surface area (Å²) in [6.07, 6.45) is 0. The Kier molecular flexibility index (Phi) is 7.20. The summed E-state index contributed by atoms with van der Waals surface area (Å²) in [5.74, 6) is 0. The van der Waals surface area contributed by atoms with Crippen LogP contribution in [-0.2, 0) is 0 Å². The van der Waals surface area contributed by atoms with Crippen LogP contribution < -0.4 is 4.90 Å². The van der Waals surface area contributed by atoms with Gasteiger partial charge in [-0.3, -0.25) is 4.57 Å². The predicted octanol–water partition coefficient (Wildman–Crippen LogP) is 15.4. The molecule has 4 nitrogen and oxygen atoms in total. The lowest BCUT2D eigenvalue weighted by Gasteiger charge is -2.26. The second kappa shape index (κ2) is 12.9. The van der Waals surface area contributed by atoms with E-state index in [-0.39, 0.29) is 0 Å². The molecule has 3 aromatic heterocycles. The average Bonchev–Trinajstić information content (AvgIpc) is 3.95. The van der Waals surface area contributed by atoms with Gasteiger partial charge in [-0.05, 0) is 106 Å². The molecule has 272 valence electrons. The maximum atomic E-state index is 6.73. The van der Waals surface area contributed by atoms with E-state index in [0.29, 0.717) is 0 Å². The minimum atomic E-state index is 0.860. The SMILES string of the molecule is c1ccc(-n2c3ccccc3c3c4ccc(-c5ccc(N(c6ccc(-c7cccc8ccccc78)cc6)c6ccc7c(c6)oc6ccccc67)cc5)cc4oc32)cc1. The smallest absolute Gasteiger partial charge is 0.213 e. The molecule has 0 unspecified atom stereocenters. The van der Waals surface area contributed by atoms with Crippen LogP contribution >= 0.6 is 0 Å². The van der Waals surface area contributed by atoms with Crippen molar-refractivity contribution in [3.63, 3.8) is 0 Å². The number of hydrogen-bond acceptors (Lipinski definition) is 3. The van der Waals surface area contributed by atoms with Crippen molar-refractivity contribution in [1.29, 1.82) is 0 Å². The number of fused-ring (bicyclic) bond motifs is 9. The fourth-order valence-electron chi connectivity index (χ4n) is 8.87. The summed E-state index contributed by atoms with van der Waals surface area (Å²) in [5.41, 5.74) is 13.4. The van der Waals surface area contributed by atoms with Crippen LogP contribution in [0.2, 0.25) is 0 Å². The van der Waals surface area contributed by atoms with Gasteiger partial charge in [0.25, 0.3) is 0 Å². The van der Waals surface area contributed by atoms with E-state index < -0.39 is 0 Å². The van der Waals surface area contributed by atoms with Crippen LogP contribution in [0.4, 0.5) is 17.1 Å². The van der Waals surface area contributed by atoms with Crippen LogP contribution in [0.1, 0.15) is 0 Å². The first kappa shape index (κ1) is 32.4. The van der Waals surface area contributed by atoms with Gasteiger partial charge in [-0.2, -0.15) is 0 Å². The molecular weight excluding hydrogens is 709 g/mol. The molecule has 0 amide bonds. The van der Waals surface area contributed by atoms with Crippen molar-refractivity contribution in [2.24, 2.45) is 0 Å². The second-order valence-corrected chi connectivity index (χ2v) is 14.9. The summed E-state index contributed by atoms with van der Waals surface area (Å²) in [7, 11) is 0. The summed E-state index contributed by atoms with van der Waals surface area (Å²) in [4.78, 5) is 2.30. The zero-order valence-electron chi connectivity index (χ0n) is 31.3. The summed E-state index contributed by atoms with van der Waals surface area (Å²) >= 11 is 0. The number of anilines is 3. The van der Waals surface area contributed by atoms with E-state index in [1.807, 2.05) is 18.2 Å². The van der Waals surface area contributed by atoms with Crippen molar-refractivity contribution in [2.45, 2.75) is 0 Å². The van der Waals surface area contributed by atoms with Crippen molar-refractivity contribution in [3.05, 3.63) is 206 Å². The highest BCUT2D eigenvalue weighted by Gasteiger charge is 2.20. The van der Waals surface area contributed by atoms with Crippen molar-refractivity contribution in [2.75, 3.05) is 4.90 Å². The fraction of sp³-hybridized carbons (Fsp3) is 0. The van der Waals surface area contributed by atoms with Crippen molar-refractivity contribution in [1.82, 2.24) is 4.57 Å². The van der Waals surface area contributed by atoms with Gasteiger partial charge in [0.2, 0.25) is 5.71 Å². The third kappa shape index (κ3) is 5.09. The van der Waals surface area contributed by atoms with Gasteiger partial charge in [0, 0.05) is 50.4 Å². The maximum absolute atomic E-state index is 6.73. The Morgan fingerprint density at radius 2 is 0.966 bits per heavy atom. The number of benzene rings is 9. The van der Waals surface area contributed by atoms with Gasteiger partial charge in [0.15, 0.2) is 0 Å². The molecule has 0 saturated heterocycles. The lowest BCUT2D eigenvalue weighted by molar-refractivity contribution is 0.645. The van der Waals surface area contributed by atoms with E-state index in [9.17, 15) is 0 Å². The highest BCUT2D eigenvalue weighted by Crippen LogP contribution is 2.43. The monoisotopic (exact) mass is 742 g/mol. The first-order chi connectivity index (χ1) is 28.7. The Bertz CT molecular complexity index is 3490. The van der Waals surface area contributed by atoms with E-state index in [4.69, 9.17) is 8.83 Å². The van der Waals surface area contributed by atoms with Gasteiger partial charge < -0.3 is 13.7 Å². The predicted molar refractivity (Wildman–Crippen MR) is 241 cm³/mol. The Balaban J connectivity index is 0.953. The van der Waals surface area contributed by atoms with Gasteiger partial charge in [-0.15, -0.1) is 0 Å². The third-order valence-electron chi connectivity index (χ3n) is 11.6. The summed E-state index contributed by atoms with van der Waals surface area (Å²) in [5, 5.41) is 8.14. The largest absolute Gasteiger partial charge is 0.456 e. The van der Waals surface area contributed by atoms with Crippen LogP contribution in [0.15, 0.2) is 215 Å². The molecule has 12 aromatic rings. The van der Waals surface area contributed by atoms with Crippen molar-refractivity contribution in [3.8, 4) is 27.9 Å². The molecule has 0 spiro atoms. The average molecular weight is 743 g/mol. The van der Waals surface area contributed by atoms with Crippen LogP contribution in [0.3, 0.4) is 0 Å². The highest BCUT2D eigenvalue weighted by atomic mass is 16.3. The molecule has 9 aromatic carbocycles. The molecule has 0 aliphatic carbocycles. The normalized spacial score (nSPS) is 11.8. The van der Waals surface area contributed by atoms with Crippen LogP contribution in [0, 0.1) is 0 Å². The first-order valence-corrected chi connectivity index (χ1v) is 19.7. The second-order valence-electron chi connectivity index (χ2n) is 14.9. The van der Waals surface area contributed by atoms with Gasteiger partial charge in [0.05, 0.1) is 10.9 Å². The number of aromatic nitrogens is 1. The molecule has 0 aliphatic heterocycles. The Morgan fingerprint density at radius 3 is 1.79 bits per heavy atom. The molecule has 0 saturated carbocycles. The molecule has 0 atom stereocenters. The van der Waals surface area contributed by atoms with Crippen LogP contribution in [-0.4, -0.2) is 4.57 Å². The number of rotatable bonds is 6. The van der Waals surface area contributed by atoms with E-state index in [0.717, 1.165) is 83.4 Å². The Hall–Kier alpha value is -7.82. The molecule has 0 fully saturated rings. The van der Waals surface area contributed by atoms with Gasteiger partial charge in [-0.25, -0.2) is 0 Å². The molecule has 12 rings (SSSR count).